The van der Waals surface area contributed by atoms with E-state index in [1.165, 1.54) is 0 Å². The van der Waals surface area contributed by atoms with Crippen LogP contribution in [0, 0.1) is 0 Å². The number of rotatable bonds is 5. The van der Waals surface area contributed by atoms with Gasteiger partial charge >= 0.3 is 0 Å². The quantitative estimate of drug-likeness (QED) is 0.863. The number of furan rings is 1. The molecule has 0 aliphatic heterocycles. The van der Waals surface area contributed by atoms with Crippen LogP contribution >= 0.6 is 0 Å². The minimum Gasteiger partial charge on any atom is -0.469 e. The van der Waals surface area contributed by atoms with E-state index in [2.05, 4.69) is 5.32 Å². The van der Waals surface area contributed by atoms with Gasteiger partial charge in [-0.1, -0.05) is 12.1 Å². The second-order valence-electron chi connectivity index (χ2n) is 4.56. The largest absolute Gasteiger partial charge is 0.469 e. The highest BCUT2D eigenvalue weighted by Gasteiger charge is 2.11. The number of amides is 1. The average Bonchev–Trinajstić information content (AvgIpc) is 2.91. The number of hydrogen-bond acceptors (Lipinski definition) is 3. The smallest absolute Gasteiger partial charge is 0.251 e. The van der Waals surface area contributed by atoms with Crippen molar-refractivity contribution in [1.29, 1.82) is 0 Å². The maximum Gasteiger partial charge on any atom is 0.251 e. The summed E-state index contributed by atoms with van der Waals surface area (Å²) in [4.78, 5) is 12.1. The van der Waals surface area contributed by atoms with Crippen LogP contribution in [0.5, 0.6) is 0 Å². The first-order chi connectivity index (χ1) is 9.19. The molecule has 0 radical (unpaired) electrons. The normalized spacial score (nSPS) is 12.1. The molecule has 19 heavy (non-hydrogen) atoms. The fraction of sp³-hybridized carbons (Fsp3) is 0.267. The third-order valence-corrected chi connectivity index (χ3v) is 2.89. The lowest BCUT2D eigenvalue weighted by Gasteiger charge is -2.13. The predicted molar refractivity (Wildman–Crippen MR) is 73.7 cm³/mol. The van der Waals surface area contributed by atoms with Crippen molar-refractivity contribution in [3.05, 3.63) is 59.5 Å². The number of nitrogens with two attached hydrogens (primary N) is 1. The summed E-state index contributed by atoms with van der Waals surface area (Å²) in [6, 6.07) is 11.1. The molecule has 1 heterocycles. The monoisotopic (exact) mass is 258 g/mol. The summed E-state index contributed by atoms with van der Waals surface area (Å²) in [5, 5.41) is 2.95. The van der Waals surface area contributed by atoms with Crippen molar-refractivity contribution in [2.24, 2.45) is 5.73 Å². The molecule has 3 N–H and O–H groups in total. The van der Waals surface area contributed by atoms with Crippen LogP contribution in [-0.4, -0.2) is 11.9 Å². The molecule has 1 atom stereocenters. The molecule has 0 saturated heterocycles. The van der Waals surface area contributed by atoms with Gasteiger partial charge in [0.05, 0.1) is 6.26 Å². The summed E-state index contributed by atoms with van der Waals surface area (Å²) < 4.78 is 5.26. The van der Waals surface area contributed by atoms with Crippen LogP contribution < -0.4 is 11.1 Å². The molecule has 1 amide bonds. The van der Waals surface area contributed by atoms with Gasteiger partial charge in [-0.3, -0.25) is 4.79 Å². The molecule has 0 saturated carbocycles. The molecule has 4 nitrogen and oxygen atoms in total. The zero-order valence-electron chi connectivity index (χ0n) is 10.9. The Labute approximate surface area is 112 Å². The second-order valence-corrected chi connectivity index (χ2v) is 4.56. The molecule has 100 valence electrons. The number of carbonyl (C=O) groups excluding carboxylic acids is 1. The van der Waals surface area contributed by atoms with Crippen LogP contribution in [-0.2, 0) is 13.0 Å². The van der Waals surface area contributed by atoms with Crippen molar-refractivity contribution in [1.82, 2.24) is 5.32 Å². The van der Waals surface area contributed by atoms with Crippen molar-refractivity contribution in [2.75, 3.05) is 0 Å². The number of hydrogen-bond donors (Lipinski definition) is 2. The fourth-order valence-electron chi connectivity index (χ4n) is 1.93. The van der Waals surface area contributed by atoms with Crippen molar-refractivity contribution in [3.8, 4) is 0 Å². The van der Waals surface area contributed by atoms with Gasteiger partial charge in [0.25, 0.3) is 5.91 Å². The third kappa shape index (κ3) is 3.69. The number of nitrogens with one attached hydrogen (secondary N) is 1. The van der Waals surface area contributed by atoms with Crippen molar-refractivity contribution >= 4 is 5.91 Å². The minimum absolute atomic E-state index is 0.0141. The standard InChI is InChI=1S/C15H18N2O2/c1-11(8-14-6-3-7-19-14)17-15(18)13-5-2-4-12(9-13)10-16/h2-7,9,11H,8,10,16H2,1H3,(H,17,18). The lowest BCUT2D eigenvalue weighted by Crippen LogP contribution is -2.34. The second kappa shape index (κ2) is 6.20. The Bertz CT molecular complexity index is 535. The van der Waals surface area contributed by atoms with Crippen LogP contribution in [0.4, 0.5) is 0 Å². The van der Waals surface area contributed by atoms with Gasteiger partial charge in [-0.25, -0.2) is 0 Å². The Kier molecular flexibility index (Phi) is 4.36. The summed E-state index contributed by atoms with van der Waals surface area (Å²) in [5.74, 6) is 0.776. The summed E-state index contributed by atoms with van der Waals surface area (Å²) in [5.41, 5.74) is 7.15. The van der Waals surface area contributed by atoms with E-state index in [1.807, 2.05) is 37.3 Å². The van der Waals surface area contributed by atoms with E-state index in [4.69, 9.17) is 10.2 Å². The predicted octanol–water partition coefficient (Wildman–Crippen LogP) is 2.10. The van der Waals surface area contributed by atoms with Gasteiger partial charge in [-0.2, -0.15) is 0 Å². The summed E-state index contributed by atoms with van der Waals surface area (Å²) in [6.45, 7) is 2.39. The maximum atomic E-state index is 12.1. The van der Waals surface area contributed by atoms with E-state index < -0.39 is 0 Å². The van der Waals surface area contributed by atoms with Crippen LogP contribution in [0.15, 0.2) is 47.1 Å². The summed E-state index contributed by atoms with van der Waals surface area (Å²) >= 11 is 0. The van der Waals surface area contributed by atoms with Crippen LogP contribution in [0.1, 0.15) is 28.6 Å². The van der Waals surface area contributed by atoms with Gasteiger partial charge in [0, 0.05) is 24.6 Å². The molecule has 1 unspecified atom stereocenters. The Balaban J connectivity index is 1.96. The molecule has 0 spiro atoms. The topological polar surface area (TPSA) is 68.3 Å². The highest BCUT2D eigenvalue weighted by Crippen LogP contribution is 2.07. The SMILES string of the molecule is CC(Cc1ccco1)NC(=O)c1cccc(CN)c1. The average molecular weight is 258 g/mol. The molecule has 0 bridgehead atoms. The zero-order valence-corrected chi connectivity index (χ0v) is 10.9. The zero-order chi connectivity index (χ0) is 13.7. The van der Waals surface area contributed by atoms with Gasteiger partial charge in [0.15, 0.2) is 0 Å². The van der Waals surface area contributed by atoms with Crippen LogP contribution in [0.25, 0.3) is 0 Å². The van der Waals surface area contributed by atoms with Gasteiger partial charge < -0.3 is 15.5 Å². The molecular weight excluding hydrogens is 240 g/mol. The van der Waals surface area contributed by atoms with Crippen LogP contribution in [0.2, 0.25) is 0 Å². The van der Waals surface area contributed by atoms with E-state index in [0.29, 0.717) is 18.5 Å². The van der Waals surface area contributed by atoms with Gasteiger partial charge in [-0.05, 0) is 36.8 Å². The molecule has 1 aromatic carbocycles. The van der Waals surface area contributed by atoms with Crippen molar-refractivity contribution in [2.45, 2.75) is 25.9 Å². The maximum absolute atomic E-state index is 12.1. The lowest BCUT2D eigenvalue weighted by molar-refractivity contribution is 0.0939. The molecule has 2 aromatic rings. The highest BCUT2D eigenvalue weighted by atomic mass is 16.3. The Morgan fingerprint density at radius 2 is 2.21 bits per heavy atom. The molecule has 4 heteroatoms. The van der Waals surface area contributed by atoms with E-state index in [-0.39, 0.29) is 11.9 Å². The van der Waals surface area contributed by atoms with Gasteiger partial charge in [0.2, 0.25) is 0 Å². The van der Waals surface area contributed by atoms with Crippen molar-refractivity contribution < 1.29 is 9.21 Å². The molecule has 0 fully saturated rings. The molecule has 2 rings (SSSR count). The number of carbonyl (C=O) groups is 1. The van der Waals surface area contributed by atoms with Gasteiger partial charge in [-0.15, -0.1) is 0 Å². The third-order valence-electron chi connectivity index (χ3n) is 2.89. The molecule has 0 aliphatic carbocycles. The first-order valence-electron chi connectivity index (χ1n) is 6.31. The van der Waals surface area contributed by atoms with E-state index in [0.717, 1.165) is 11.3 Å². The number of benzene rings is 1. The first-order valence-corrected chi connectivity index (χ1v) is 6.31. The highest BCUT2D eigenvalue weighted by molar-refractivity contribution is 5.94. The molecule has 1 aromatic heterocycles. The fourth-order valence-corrected chi connectivity index (χ4v) is 1.93. The Morgan fingerprint density at radius 1 is 1.37 bits per heavy atom. The summed E-state index contributed by atoms with van der Waals surface area (Å²) in [6.07, 6.45) is 2.31. The lowest BCUT2D eigenvalue weighted by atomic mass is 10.1. The Hall–Kier alpha value is -2.07. The van der Waals surface area contributed by atoms with E-state index in [9.17, 15) is 4.79 Å². The minimum atomic E-state index is -0.0886. The van der Waals surface area contributed by atoms with Crippen LogP contribution in [0.3, 0.4) is 0 Å². The molecular formula is C15H18N2O2. The van der Waals surface area contributed by atoms with Gasteiger partial charge in [0.1, 0.15) is 5.76 Å². The first kappa shape index (κ1) is 13.4. The van der Waals surface area contributed by atoms with E-state index in [1.54, 1.807) is 12.3 Å². The van der Waals surface area contributed by atoms with E-state index >= 15 is 0 Å². The van der Waals surface area contributed by atoms with Crippen molar-refractivity contribution in [3.63, 3.8) is 0 Å². The molecule has 0 aliphatic rings. The Morgan fingerprint density at radius 3 is 2.89 bits per heavy atom. The summed E-state index contributed by atoms with van der Waals surface area (Å²) in [7, 11) is 0.